The lowest BCUT2D eigenvalue weighted by atomic mass is 9.99. The van der Waals surface area contributed by atoms with Gasteiger partial charge in [-0.2, -0.15) is 0 Å². The summed E-state index contributed by atoms with van der Waals surface area (Å²) in [5, 5.41) is 0. The van der Waals surface area contributed by atoms with Crippen molar-refractivity contribution >= 4 is 41.6 Å². The largest absolute Gasteiger partial charge is 0.415 e. The summed E-state index contributed by atoms with van der Waals surface area (Å²) >= 11 is 0. The lowest BCUT2D eigenvalue weighted by Gasteiger charge is -2.51. The quantitative estimate of drug-likeness (QED) is 0.296. The fourth-order valence-corrected chi connectivity index (χ4v) is 8.21. The first-order valence-electron chi connectivity index (χ1n) is 12.0. The van der Waals surface area contributed by atoms with Crippen LogP contribution in [0.25, 0.3) is 0 Å². The molecule has 0 spiro atoms. The Bertz CT molecular complexity index is 586. The van der Waals surface area contributed by atoms with Gasteiger partial charge in [0.25, 0.3) is 0 Å². The first-order chi connectivity index (χ1) is 14.0. The molecule has 11 heteroatoms. The van der Waals surface area contributed by atoms with Gasteiger partial charge in [0.05, 0.1) is 6.61 Å². The summed E-state index contributed by atoms with van der Waals surface area (Å²) in [6, 6.07) is 0. The molecule has 1 fully saturated rings. The SMILES string of the molecule is C[Si](C)(C)OC[C@H]1O[C@@H](O[Si](C)(C)C)[C@H](O[Si](C)(C)C)[C@@H](O[Si](C)(C)C)[C@@H]1O[Si](C)(C)C. The van der Waals surface area contributed by atoms with Crippen molar-refractivity contribution in [2.75, 3.05) is 6.61 Å². The van der Waals surface area contributed by atoms with E-state index in [4.69, 9.17) is 26.9 Å². The van der Waals surface area contributed by atoms with Gasteiger partial charge in [-0.3, -0.25) is 0 Å². The predicted octanol–water partition coefficient (Wildman–Crippen LogP) is 6.07. The van der Waals surface area contributed by atoms with Gasteiger partial charge in [0.15, 0.2) is 47.9 Å². The molecule has 0 amide bonds. The van der Waals surface area contributed by atoms with Crippen LogP contribution in [-0.2, 0) is 26.9 Å². The van der Waals surface area contributed by atoms with Crippen LogP contribution >= 0.6 is 0 Å². The Labute approximate surface area is 203 Å². The van der Waals surface area contributed by atoms with Gasteiger partial charge in [-0.15, -0.1) is 0 Å². The zero-order valence-electron chi connectivity index (χ0n) is 23.5. The van der Waals surface area contributed by atoms with E-state index < -0.39 is 47.9 Å². The van der Waals surface area contributed by atoms with Crippen LogP contribution in [0.5, 0.6) is 0 Å². The summed E-state index contributed by atoms with van der Waals surface area (Å²) in [6.07, 6.45) is -1.54. The van der Waals surface area contributed by atoms with E-state index in [1.807, 2.05) is 0 Å². The van der Waals surface area contributed by atoms with Gasteiger partial charge in [-0.1, -0.05) is 0 Å². The molecule has 0 saturated carbocycles. The monoisotopic (exact) mass is 540 g/mol. The summed E-state index contributed by atoms with van der Waals surface area (Å²) in [6.45, 7) is 33.6. The van der Waals surface area contributed by atoms with E-state index in [1.165, 1.54) is 0 Å². The summed E-state index contributed by atoms with van der Waals surface area (Å²) in [7, 11) is -9.37. The van der Waals surface area contributed by atoms with E-state index in [1.54, 1.807) is 0 Å². The van der Waals surface area contributed by atoms with Crippen LogP contribution < -0.4 is 0 Å². The molecule has 0 aromatic heterocycles. The molecule has 1 rings (SSSR count). The third-order valence-electron chi connectivity index (χ3n) is 4.21. The molecule has 0 aromatic rings. The highest BCUT2D eigenvalue weighted by molar-refractivity contribution is 6.71. The van der Waals surface area contributed by atoms with Crippen LogP contribution in [0, 0.1) is 0 Å². The van der Waals surface area contributed by atoms with E-state index >= 15 is 0 Å². The van der Waals surface area contributed by atoms with Crippen molar-refractivity contribution in [2.45, 2.75) is 129 Å². The number of hydrogen-bond acceptors (Lipinski definition) is 6. The van der Waals surface area contributed by atoms with Crippen molar-refractivity contribution in [3.8, 4) is 0 Å². The fourth-order valence-electron chi connectivity index (χ4n) is 3.41. The minimum atomic E-state index is -1.92. The molecule has 0 unspecified atom stereocenters. The Morgan fingerprint density at radius 1 is 0.469 bits per heavy atom. The predicted molar refractivity (Wildman–Crippen MR) is 147 cm³/mol. The van der Waals surface area contributed by atoms with Crippen molar-refractivity contribution in [3.63, 3.8) is 0 Å². The lowest BCUT2D eigenvalue weighted by Crippen LogP contribution is -2.67. The highest BCUT2D eigenvalue weighted by atomic mass is 28.4. The maximum Gasteiger partial charge on any atom is 0.187 e. The van der Waals surface area contributed by atoms with E-state index in [2.05, 4.69) is 98.2 Å². The molecular formula is C21H52O6Si5. The zero-order valence-corrected chi connectivity index (χ0v) is 28.5. The Hall–Kier alpha value is 0.844. The molecule has 1 aliphatic heterocycles. The van der Waals surface area contributed by atoms with Crippen LogP contribution in [0.2, 0.25) is 98.2 Å². The van der Waals surface area contributed by atoms with Crippen LogP contribution in [0.3, 0.4) is 0 Å². The second-order valence-corrected chi connectivity index (χ2v) is 36.1. The van der Waals surface area contributed by atoms with E-state index in [9.17, 15) is 0 Å². The van der Waals surface area contributed by atoms with Gasteiger partial charge in [0.2, 0.25) is 0 Å². The molecule has 0 radical (unpaired) electrons. The standard InChI is InChI=1S/C21H52O6Si5/c1-28(2,3)22-16-17-18(24-29(4,5)6)19(25-30(7,8)9)20(26-31(10,11)12)21(23-17)27-32(13,14)15/h17-21H,16H2,1-15H3/t17-,18-,19+,20-,21+/m1/s1. The van der Waals surface area contributed by atoms with Gasteiger partial charge in [0.1, 0.15) is 24.4 Å². The van der Waals surface area contributed by atoms with Crippen molar-refractivity contribution in [1.29, 1.82) is 0 Å². The van der Waals surface area contributed by atoms with Gasteiger partial charge < -0.3 is 26.9 Å². The van der Waals surface area contributed by atoms with Crippen molar-refractivity contribution in [3.05, 3.63) is 0 Å². The molecule has 32 heavy (non-hydrogen) atoms. The van der Waals surface area contributed by atoms with E-state index in [0.29, 0.717) is 6.61 Å². The number of hydrogen-bond donors (Lipinski definition) is 0. The third kappa shape index (κ3) is 12.5. The van der Waals surface area contributed by atoms with Gasteiger partial charge in [-0.05, 0) is 98.2 Å². The van der Waals surface area contributed by atoms with Gasteiger partial charge >= 0.3 is 0 Å². The average molecular weight is 541 g/mol. The molecule has 0 N–H and O–H groups in total. The highest BCUT2D eigenvalue weighted by Crippen LogP contribution is 2.35. The van der Waals surface area contributed by atoms with Crippen LogP contribution in [0.15, 0.2) is 0 Å². The second kappa shape index (κ2) is 10.8. The maximum absolute atomic E-state index is 6.85. The topological polar surface area (TPSA) is 55.4 Å². The first-order valence-corrected chi connectivity index (χ1v) is 29.0. The Kier molecular flexibility index (Phi) is 10.5. The van der Waals surface area contributed by atoms with Crippen molar-refractivity contribution in [1.82, 2.24) is 0 Å². The summed E-state index contributed by atoms with van der Waals surface area (Å²) in [5.74, 6) is 0. The van der Waals surface area contributed by atoms with Crippen molar-refractivity contribution in [2.24, 2.45) is 0 Å². The first kappa shape index (κ1) is 30.9. The Morgan fingerprint density at radius 2 is 0.844 bits per heavy atom. The molecule has 1 saturated heterocycles. The van der Waals surface area contributed by atoms with Gasteiger partial charge in [-0.25, -0.2) is 0 Å². The molecule has 1 aliphatic rings. The third-order valence-corrected chi connectivity index (χ3v) is 9.12. The highest BCUT2D eigenvalue weighted by Gasteiger charge is 2.52. The summed E-state index contributed by atoms with van der Waals surface area (Å²) in [4.78, 5) is 0. The molecule has 0 aliphatic carbocycles. The van der Waals surface area contributed by atoms with E-state index in [-0.39, 0.29) is 24.4 Å². The molecule has 6 nitrogen and oxygen atoms in total. The normalized spacial score (nSPS) is 28.8. The molecule has 0 aromatic carbocycles. The minimum absolute atomic E-state index is 0.243. The molecule has 5 atom stereocenters. The molecule has 192 valence electrons. The summed E-state index contributed by atoms with van der Waals surface area (Å²) < 4.78 is 39.9. The van der Waals surface area contributed by atoms with Crippen LogP contribution in [0.4, 0.5) is 0 Å². The Morgan fingerprint density at radius 3 is 1.22 bits per heavy atom. The van der Waals surface area contributed by atoms with Crippen LogP contribution in [0.1, 0.15) is 0 Å². The van der Waals surface area contributed by atoms with E-state index in [0.717, 1.165) is 0 Å². The average Bonchev–Trinajstić information content (AvgIpc) is 2.45. The van der Waals surface area contributed by atoms with Gasteiger partial charge in [0, 0.05) is 0 Å². The lowest BCUT2D eigenvalue weighted by molar-refractivity contribution is -0.268. The molecule has 0 bridgehead atoms. The second-order valence-electron chi connectivity index (χ2n) is 13.8. The minimum Gasteiger partial charge on any atom is -0.415 e. The van der Waals surface area contributed by atoms with Crippen LogP contribution in [-0.4, -0.2) is 78.9 Å². The Balaban J connectivity index is 3.50. The summed E-state index contributed by atoms with van der Waals surface area (Å²) in [5.41, 5.74) is 0. The molecular weight excluding hydrogens is 489 g/mol. The van der Waals surface area contributed by atoms with Crippen molar-refractivity contribution < 1.29 is 26.9 Å². The number of ether oxygens (including phenoxy) is 1. The zero-order chi connectivity index (χ0) is 25.3. The molecule has 1 heterocycles. The fraction of sp³-hybridized carbons (Fsp3) is 1.00. The smallest absolute Gasteiger partial charge is 0.187 e. The number of rotatable bonds is 11. The maximum atomic E-state index is 6.85.